The van der Waals surface area contributed by atoms with E-state index in [1.54, 1.807) is 6.92 Å². The van der Waals surface area contributed by atoms with Crippen LogP contribution in [0, 0.1) is 0 Å². The van der Waals surface area contributed by atoms with Gasteiger partial charge in [-0.1, -0.05) is 19.6 Å². The van der Waals surface area contributed by atoms with Crippen molar-refractivity contribution < 1.29 is 17.2 Å². The van der Waals surface area contributed by atoms with Crippen LogP contribution in [0.3, 0.4) is 0 Å². The quantitative estimate of drug-likeness (QED) is 0.687. The lowest BCUT2D eigenvalue weighted by molar-refractivity contribution is 0.597. The zero-order valence-corrected chi connectivity index (χ0v) is 9.57. The third-order valence-electron chi connectivity index (χ3n) is 1.59. The second kappa shape index (κ2) is 5.80. The van der Waals surface area contributed by atoms with E-state index in [2.05, 4.69) is 6.58 Å². The van der Waals surface area contributed by atoms with E-state index in [4.69, 9.17) is 0 Å². The number of halogens is 2. The van der Waals surface area contributed by atoms with E-state index in [0.717, 1.165) is 18.4 Å². The molecule has 0 saturated carbocycles. The van der Waals surface area contributed by atoms with Crippen molar-refractivity contribution in [2.75, 3.05) is 6.26 Å². The molecule has 0 radical (unpaired) electrons. The van der Waals surface area contributed by atoms with Crippen molar-refractivity contribution in [2.24, 2.45) is 0 Å². The Labute approximate surface area is 88.9 Å². The first kappa shape index (κ1) is 14.0. The van der Waals surface area contributed by atoms with E-state index >= 15 is 0 Å². The maximum absolute atomic E-state index is 12.9. The van der Waals surface area contributed by atoms with Crippen molar-refractivity contribution in [3.8, 4) is 0 Å². The zero-order valence-electron chi connectivity index (χ0n) is 8.76. The van der Waals surface area contributed by atoms with Gasteiger partial charge < -0.3 is 0 Å². The molecule has 0 heterocycles. The number of sulfone groups is 1. The van der Waals surface area contributed by atoms with Crippen LogP contribution in [0.25, 0.3) is 0 Å². The average Bonchev–Trinajstić information content (AvgIpc) is 2.09. The first-order valence-corrected chi connectivity index (χ1v) is 6.26. The van der Waals surface area contributed by atoms with Gasteiger partial charge in [0.25, 0.3) is 0 Å². The van der Waals surface area contributed by atoms with Gasteiger partial charge in [0, 0.05) is 12.7 Å². The molecule has 15 heavy (non-hydrogen) atoms. The van der Waals surface area contributed by atoms with Gasteiger partial charge in [-0.2, -0.15) is 0 Å². The Morgan fingerprint density at radius 3 is 2.27 bits per heavy atom. The van der Waals surface area contributed by atoms with Crippen LogP contribution < -0.4 is 0 Å². The van der Waals surface area contributed by atoms with Gasteiger partial charge in [-0.05, 0) is 12.5 Å². The van der Waals surface area contributed by atoms with Crippen molar-refractivity contribution in [3.63, 3.8) is 0 Å². The molecule has 2 nitrogen and oxygen atoms in total. The number of hydrogen-bond acceptors (Lipinski definition) is 2. The van der Waals surface area contributed by atoms with Gasteiger partial charge in [-0.3, -0.25) is 0 Å². The minimum atomic E-state index is -3.53. The molecule has 0 spiro atoms. The Morgan fingerprint density at radius 1 is 1.40 bits per heavy atom. The highest BCUT2D eigenvalue weighted by molar-refractivity contribution is 7.94. The molecule has 0 fully saturated rings. The number of hydrogen-bond donors (Lipinski definition) is 0. The highest BCUT2D eigenvalue weighted by atomic mass is 32.2. The zero-order chi connectivity index (χ0) is 12.1. The lowest BCUT2D eigenvalue weighted by Gasteiger charge is -1.99. The van der Waals surface area contributed by atoms with Gasteiger partial charge in [0.05, 0.1) is 10.7 Å². The lowest BCUT2D eigenvalue weighted by atomic mass is 10.3. The fraction of sp³-hybridized carbons (Fsp3) is 0.400. The van der Waals surface area contributed by atoms with Gasteiger partial charge in [0.1, 0.15) is 5.83 Å². The van der Waals surface area contributed by atoms with Gasteiger partial charge in [0.15, 0.2) is 9.84 Å². The molecule has 0 bridgehead atoms. The van der Waals surface area contributed by atoms with E-state index < -0.39 is 21.5 Å². The van der Waals surface area contributed by atoms with Gasteiger partial charge in [-0.15, -0.1) is 0 Å². The summed E-state index contributed by atoms with van der Waals surface area (Å²) in [7, 11) is -3.53. The first-order chi connectivity index (χ1) is 6.77. The average molecular weight is 236 g/mol. The number of allylic oxidation sites excluding steroid dienone is 4. The molecule has 0 rings (SSSR count). The summed E-state index contributed by atoms with van der Waals surface area (Å²) in [5, 5.41) is 0. The molecule has 0 aliphatic heterocycles. The summed E-state index contributed by atoms with van der Waals surface area (Å²) in [5.74, 6) is -1.22. The standard InChI is InChI=1S/C10H14F2O2S/c1-4-9(12)7-10(15(3,13)14)6-5-8(2)11/h6-7H,2,4-5H2,1,3H3/b9-7+,10-6+. The topological polar surface area (TPSA) is 34.1 Å². The minimum absolute atomic E-state index is 0.101. The summed E-state index contributed by atoms with van der Waals surface area (Å²) in [4.78, 5) is -0.222. The molecule has 5 heteroatoms. The summed E-state index contributed by atoms with van der Waals surface area (Å²) in [5.41, 5.74) is 0. The SMILES string of the molecule is C=C(F)C/C=C(\C=C(\F)CC)S(C)(=O)=O. The van der Waals surface area contributed by atoms with Crippen molar-refractivity contribution in [2.45, 2.75) is 19.8 Å². The van der Waals surface area contributed by atoms with Crippen LogP contribution in [0.4, 0.5) is 8.78 Å². The van der Waals surface area contributed by atoms with Crippen LogP contribution in [-0.2, 0) is 9.84 Å². The first-order valence-electron chi connectivity index (χ1n) is 4.37. The molecule has 0 aliphatic rings. The predicted octanol–water partition coefficient (Wildman–Crippen LogP) is 3.05. The Morgan fingerprint density at radius 2 is 1.93 bits per heavy atom. The van der Waals surface area contributed by atoms with Gasteiger partial charge in [0.2, 0.25) is 0 Å². The van der Waals surface area contributed by atoms with E-state index in [-0.39, 0.29) is 17.7 Å². The number of rotatable bonds is 5. The highest BCUT2D eigenvalue weighted by Gasteiger charge is 2.09. The smallest absolute Gasteiger partial charge is 0.175 e. The van der Waals surface area contributed by atoms with Crippen molar-refractivity contribution >= 4 is 9.84 Å². The highest BCUT2D eigenvalue weighted by Crippen LogP contribution is 2.15. The molecule has 0 unspecified atom stereocenters. The van der Waals surface area contributed by atoms with E-state index in [0.29, 0.717) is 0 Å². The summed E-state index contributed by atoms with van der Waals surface area (Å²) in [6.45, 7) is 4.54. The van der Waals surface area contributed by atoms with E-state index in [1.807, 2.05) is 0 Å². The second-order valence-electron chi connectivity index (χ2n) is 3.04. The Hall–Kier alpha value is -0.970. The lowest BCUT2D eigenvalue weighted by Crippen LogP contribution is -1.99. The summed E-state index contributed by atoms with van der Waals surface area (Å²) < 4.78 is 47.5. The third-order valence-corrected chi connectivity index (χ3v) is 2.73. The largest absolute Gasteiger partial charge is 0.224 e. The van der Waals surface area contributed by atoms with Crippen LogP contribution >= 0.6 is 0 Å². The maximum atomic E-state index is 12.9. The third kappa shape index (κ3) is 6.17. The van der Waals surface area contributed by atoms with Gasteiger partial charge >= 0.3 is 0 Å². The Kier molecular flexibility index (Phi) is 5.43. The molecule has 0 saturated heterocycles. The van der Waals surface area contributed by atoms with Crippen LogP contribution in [0.5, 0.6) is 0 Å². The molecule has 86 valence electrons. The normalized spacial score (nSPS) is 14.1. The summed E-state index contributed by atoms with van der Waals surface area (Å²) in [6.07, 6.45) is 2.82. The van der Waals surface area contributed by atoms with E-state index in [1.165, 1.54) is 0 Å². The van der Waals surface area contributed by atoms with Crippen LogP contribution in [0.15, 0.2) is 35.3 Å². The van der Waals surface area contributed by atoms with Crippen molar-refractivity contribution in [1.29, 1.82) is 0 Å². The maximum Gasteiger partial charge on any atom is 0.175 e. The molecule has 0 aromatic carbocycles. The summed E-state index contributed by atoms with van der Waals surface area (Å²) in [6, 6.07) is 0. The molecular formula is C10H14F2O2S. The van der Waals surface area contributed by atoms with Crippen LogP contribution in [-0.4, -0.2) is 14.7 Å². The predicted molar refractivity (Wildman–Crippen MR) is 57.3 cm³/mol. The molecule has 0 aromatic heterocycles. The molecule has 0 atom stereocenters. The Balaban J connectivity index is 5.09. The summed E-state index contributed by atoms with van der Waals surface area (Å²) >= 11 is 0. The molecule has 0 N–H and O–H groups in total. The van der Waals surface area contributed by atoms with Crippen LogP contribution in [0.2, 0.25) is 0 Å². The minimum Gasteiger partial charge on any atom is -0.224 e. The molecule has 0 aromatic rings. The van der Waals surface area contributed by atoms with Crippen LogP contribution in [0.1, 0.15) is 19.8 Å². The van der Waals surface area contributed by atoms with Crippen molar-refractivity contribution in [3.05, 3.63) is 35.3 Å². The fourth-order valence-corrected chi connectivity index (χ4v) is 1.51. The molecule has 0 amide bonds. The van der Waals surface area contributed by atoms with Gasteiger partial charge in [-0.25, -0.2) is 17.2 Å². The molecular weight excluding hydrogens is 222 g/mol. The van der Waals surface area contributed by atoms with Crippen molar-refractivity contribution in [1.82, 2.24) is 0 Å². The van der Waals surface area contributed by atoms with E-state index in [9.17, 15) is 17.2 Å². The Bertz CT molecular complexity index is 392. The fourth-order valence-electron chi connectivity index (χ4n) is 0.785. The second-order valence-corrected chi connectivity index (χ2v) is 5.06. The molecule has 0 aliphatic carbocycles. The monoisotopic (exact) mass is 236 g/mol.